The van der Waals surface area contributed by atoms with E-state index in [0.29, 0.717) is 23.1 Å². The van der Waals surface area contributed by atoms with Gasteiger partial charge in [-0.05, 0) is 34.9 Å². The number of methoxy groups -OCH3 is 1. The Labute approximate surface area is 128 Å². The monoisotopic (exact) mass is 310 g/mol. The molecule has 2 rings (SSSR count). The molecule has 1 atom stereocenters. The minimum absolute atomic E-state index is 0.426. The van der Waals surface area contributed by atoms with Crippen molar-refractivity contribution in [1.29, 1.82) is 0 Å². The van der Waals surface area contributed by atoms with Gasteiger partial charge in [0.25, 0.3) is 0 Å². The lowest BCUT2D eigenvalue weighted by Crippen LogP contribution is -2.03. The van der Waals surface area contributed by atoms with Gasteiger partial charge < -0.3 is 9.84 Å². The van der Waals surface area contributed by atoms with Crippen LogP contribution in [-0.2, 0) is 17.8 Å². The molecule has 2 aromatic carbocycles. The van der Waals surface area contributed by atoms with Crippen LogP contribution < -0.4 is 0 Å². The second-order valence-electron chi connectivity index (χ2n) is 4.63. The van der Waals surface area contributed by atoms with Crippen molar-refractivity contribution >= 4 is 23.2 Å². The standard InChI is InChI=1S/C16H16Cl2O2/c1-20-10-11-3-2-4-12(7-11)16(19)9-13-8-14(17)5-6-15(13)18/h2-8,16,19H,9-10H2,1H3. The van der Waals surface area contributed by atoms with Gasteiger partial charge >= 0.3 is 0 Å². The Balaban J connectivity index is 2.17. The third-order valence-electron chi connectivity index (χ3n) is 3.07. The summed E-state index contributed by atoms with van der Waals surface area (Å²) in [6.45, 7) is 0.526. The molecule has 2 aromatic rings. The van der Waals surface area contributed by atoms with Crippen LogP contribution in [0.3, 0.4) is 0 Å². The Morgan fingerprint density at radius 2 is 1.95 bits per heavy atom. The summed E-state index contributed by atoms with van der Waals surface area (Å²) in [4.78, 5) is 0. The summed E-state index contributed by atoms with van der Waals surface area (Å²) in [6.07, 6.45) is -0.196. The predicted octanol–water partition coefficient (Wildman–Crippen LogP) is 4.42. The summed E-state index contributed by atoms with van der Waals surface area (Å²) in [5, 5.41) is 11.6. The highest BCUT2D eigenvalue weighted by molar-refractivity contribution is 6.33. The molecule has 1 N–H and O–H groups in total. The first-order valence-corrected chi connectivity index (χ1v) is 7.05. The van der Waals surface area contributed by atoms with Crippen LogP contribution in [0, 0.1) is 0 Å². The molecule has 0 saturated carbocycles. The minimum Gasteiger partial charge on any atom is -0.388 e. The van der Waals surface area contributed by atoms with E-state index in [2.05, 4.69) is 0 Å². The van der Waals surface area contributed by atoms with Crippen LogP contribution in [0.4, 0.5) is 0 Å². The largest absolute Gasteiger partial charge is 0.388 e. The van der Waals surface area contributed by atoms with Crippen molar-refractivity contribution in [3.8, 4) is 0 Å². The van der Waals surface area contributed by atoms with Crippen molar-refractivity contribution in [2.75, 3.05) is 7.11 Å². The van der Waals surface area contributed by atoms with Gasteiger partial charge in [-0.15, -0.1) is 0 Å². The second kappa shape index (κ2) is 7.09. The number of hydrogen-bond donors (Lipinski definition) is 1. The van der Waals surface area contributed by atoms with Crippen molar-refractivity contribution in [1.82, 2.24) is 0 Å². The van der Waals surface area contributed by atoms with Gasteiger partial charge in [-0.3, -0.25) is 0 Å². The fourth-order valence-electron chi connectivity index (χ4n) is 2.08. The lowest BCUT2D eigenvalue weighted by molar-refractivity contribution is 0.175. The molecule has 0 spiro atoms. The molecule has 0 fully saturated rings. The molecule has 4 heteroatoms. The van der Waals surface area contributed by atoms with Crippen molar-refractivity contribution in [2.24, 2.45) is 0 Å². The van der Waals surface area contributed by atoms with E-state index < -0.39 is 6.10 Å². The van der Waals surface area contributed by atoms with Crippen molar-refractivity contribution < 1.29 is 9.84 Å². The second-order valence-corrected chi connectivity index (χ2v) is 5.48. The fraction of sp³-hybridized carbons (Fsp3) is 0.250. The average Bonchev–Trinajstić information content (AvgIpc) is 2.43. The first-order chi connectivity index (χ1) is 9.60. The van der Waals surface area contributed by atoms with Crippen molar-refractivity contribution in [3.63, 3.8) is 0 Å². The van der Waals surface area contributed by atoms with Crippen LogP contribution in [0.1, 0.15) is 22.8 Å². The molecule has 20 heavy (non-hydrogen) atoms. The molecule has 0 radical (unpaired) electrons. The van der Waals surface area contributed by atoms with E-state index in [-0.39, 0.29) is 0 Å². The lowest BCUT2D eigenvalue weighted by atomic mass is 10.00. The molecule has 0 aliphatic heterocycles. The molecular formula is C16H16Cl2O2. The third-order valence-corrected chi connectivity index (χ3v) is 3.67. The van der Waals surface area contributed by atoms with Gasteiger partial charge in [-0.2, -0.15) is 0 Å². The van der Waals surface area contributed by atoms with Crippen molar-refractivity contribution in [2.45, 2.75) is 19.1 Å². The fourth-order valence-corrected chi connectivity index (χ4v) is 2.47. The SMILES string of the molecule is COCc1cccc(C(O)Cc2cc(Cl)ccc2Cl)c1. The highest BCUT2D eigenvalue weighted by Crippen LogP contribution is 2.26. The molecular weight excluding hydrogens is 295 g/mol. The zero-order valence-electron chi connectivity index (χ0n) is 11.1. The van der Waals surface area contributed by atoms with E-state index in [1.54, 1.807) is 25.3 Å². The Hall–Kier alpha value is -1.06. The zero-order valence-corrected chi connectivity index (χ0v) is 12.7. The summed E-state index contributed by atoms with van der Waals surface area (Å²) in [5.41, 5.74) is 2.71. The number of benzene rings is 2. The average molecular weight is 311 g/mol. The van der Waals surface area contributed by atoms with E-state index in [4.69, 9.17) is 27.9 Å². The van der Waals surface area contributed by atoms with E-state index in [1.807, 2.05) is 24.3 Å². The first-order valence-electron chi connectivity index (χ1n) is 6.30. The number of aliphatic hydroxyl groups is 1. The number of ether oxygens (including phenoxy) is 1. The summed E-state index contributed by atoms with van der Waals surface area (Å²) in [7, 11) is 1.65. The van der Waals surface area contributed by atoms with E-state index in [0.717, 1.165) is 16.7 Å². The van der Waals surface area contributed by atoms with E-state index in [1.165, 1.54) is 0 Å². The van der Waals surface area contributed by atoms with Gasteiger partial charge in [0.15, 0.2) is 0 Å². The molecule has 0 bridgehead atoms. The first kappa shape index (κ1) is 15.3. The van der Waals surface area contributed by atoms with E-state index >= 15 is 0 Å². The van der Waals surface area contributed by atoms with Gasteiger partial charge in [0.2, 0.25) is 0 Å². The highest BCUT2D eigenvalue weighted by atomic mass is 35.5. The maximum atomic E-state index is 10.3. The van der Waals surface area contributed by atoms with Crippen LogP contribution in [0.2, 0.25) is 10.0 Å². The third kappa shape index (κ3) is 3.97. The van der Waals surface area contributed by atoms with Crippen LogP contribution in [-0.4, -0.2) is 12.2 Å². The molecule has 0 aliphatic carbocycles. The van der Waals surface area contributed by atoms with Crippen molar-refractivity contribution in [3.05, 3.63) is 69.2 Å². The van der Waals surface area contributed by atoms with Crippen LogP contribution in [0.15, 0.2) is 42.5 Å². The maximum Gasteiger partial charge on any atom is 0.0831 e. The predicted molar refractivity (Wildman–Crippen MR) is 82.3 cm³/mol. The van der Waals surface area contributed by atoms with Gasteiger partial charge in [-0.1, -0.05) is 47.5 Å². The van der Waals surface area contributed by atoms with E-state index in [9.17, 15) is 5.11 Å². The Bertz CT molecular complexity index is 584. The van der Waals surface area contributed by atoms with Gasteiger partial charge in [0.05, 0.1) is 12.7 Å². The summed E-state index contributed by atoms with van der Waals surface area (Å²) in [5.74, 6) is 0. The molecule has 2 nitrogen and oxygen atoms in total. The molecule has 1 unspecified atom stereocenters. The maximum absolute atomic E-state index is 10.3. The Kier molecular flexibility index (Phi) is 5.44. The number of aliphatic hydroxyl groups excluding tert-OH is 1. The van der Waals surface area contributed by atoms with Gasteiger partial charge in [-0.25, -0.2) is 0 Å². The normalized spacial score (nSPS) is 12.4. The Morgan fingerprint density at radius 3 is 2.70 bits per heavy atom. The highest BCUT2D eigenvalue weighted by Gasteiger charge is 2.12. The smallest absolute Gasteiger partial charge is 0.0831 e. The molecule has 0 amide bonds. The van der Waals surface area contributed by atoms with Crippen LogP contribution in [0.25, 0.3) is 0 Å². The Morgan fingerprint density at radius 1 is 1.15 bits per heavy atom. The molecule has 0 saturated heterocycles. The zero-order chi connectivity index (χ0) is 14.5. The summed E-state index contributed by atoms with van der Waals surface area (Å²) in [6, 6.07) is 13.0. The molecule has 0 aliphatic rings. The van der Waals surface area contributed by atoms with Gasteiger partial charge in [0.1, 0.15) is 0 Å². The minimum atomic E-state index is -0.622. The number of hydrogen-bond acceptors (Lipinski definition) is 2. The number of rotatable bonds is 5. The summed E-state index contributed by atoms with van der Waals surface area (Å²) >= 11 is 12.1. The molecule has 0 heterocycles. The number of halogens is 2. The molecule has 106 valence electrons. The summed E-state index contributed by atoms with van der Waals surface area (Å²) < 4.78 is 5.10. The lowest BCUT2D eigenvalue weighted by Gasteiger charge is -2.13. The quantitative estimate of drug-likeness (QED) is 0.886. The topological polar surface area (TPSA) is 29.5 Å². The van der Waals surface area contributed by atoms with Crippen LogP contribution >= 0.6 is 23.2 Å². The van der Waals surface area contributed by atoms with Crippen LogP contribution in [0.5, 0.6) is 0 Å². The molecule has 0 aromatic heterocycles. The van der Waals surface area contributed by atoms with Gasteiger partial charge in [0, 0.05) is 23.6 Å².